The maximum absolute atomic E-state index is 12.1. The van der Waals surface area contributed by atoms with Crippen LogP contribution in [0, 0.1) is 10.1 Å². The Morgan fingerprint density at radius 3 is 2.91 bits per heavy atom. The number of rotatable bonds is 6. The molecule has 1 heterocycles. The molecule has 1 aromatic heterocycles. The first kappa shape index (κ1) is 16.3. The molecule has 0 fully saturated rings. The number of amides is 1. The fourth-order valence-electron chi connectivity index (χ4n) is 2.17. The molecule has 0 saturated carbocycles. The third-order valence-corrected chi connectivity index (χ3v) is 3.16. The van der Waals surface area contributed by atoms with Crippen LogP contribution in [0.5, 0.6) is 5.75 Å². The van der Waals surface area contributed by atoms with E-state index in [1.54, 1.807) is 38.4 Å². The largest absolute Gasteiger partial charge is 0.497 e. The summed E-state index contributed by atoms with van der Waals surface area (Å²) < 4.78 is 6.58. The van der Waals surface area contributed by atoms with Gasteiger partial charge in [-0.3, -0.25) is 9.36 Å². The zero-order valence-corrected chi connectivity index (χ0v) is 13.0. The van der Waals surface area contributed by atoms with Crippen LogP contribution in [0.4, 0.5) is 17.3 Å². The number of nitro groups is 1. The molecule has 0 saturated heterocycles. The second-order valence-electron chi connectivity index (χ2n) is 4.90. The Morgan fingerprint density at radius 2 is 2.26 bits per heavy atom. The molecule has 9 heteroatoms. The molecule has 1 amide bonds. The van der Waals surface area contributed by atoms with Crippen LogP contribution in [0.2, 0.25) is 0 Å². The number of nitrogens with zero attached hydrogens (tertiary/aromatic N) is 4. The van der Waals surface area contributed by atoms with E-state index in [2.05, 4.69) is 10.3 Å². The van der Waals surface area contributed by atoms with Gasteiger partial charge in [-0.05, 0) is 22.0 Å². The van der Waals surface area contributed by atoms with Crippen molar-refractivity contribution in [3.05, 3.63) is 40.7 Å². The minimum Gasteiger partial charge on any atom is -0.497 e. The van der Waals surface area contributed by atoms with Crippen LogP contribution in [-0.2, 0) is 11.8 Å². The van der Waals surface area contributed by atoms with Crippen LogP contribution >= 0.6 is 0 Å². The number of likely N-dealkylation sites (N-methyl/N-ethyl adjacent to an activating group) is 1. The molecule has 9 nitrogen and oxygen atoms in total. The topological polar surface area (TPSA) is 103 Å². The van der Waals surface area contributed by atoms with Crippen molar-refractivity contribution in [2.24, 2.45) is 7.05 Å². The van der Waals surface area contributed by atoms with E-state index in [9.17, 15) is 14.9 Å². The second kappa shape index (κ2) is 6.77. The molecule has 2 rings (SSSR count). The summed E-state index contributed by atoms with van der Waals surface area (Å²) in [6, 6.07) is 6.93. The first-order valence-corrected chi connectivity index (χ1v) is 6.73. The summed E-state index contributed by atoms with van der Waals surface area (Å²) in [6.45, 7) is -0.0580. The van der Waals surface area contributed by atoms with Crippen molar-refractivity contribution in [2.75, 3.05) is 30.9 Å². The average Bonchev–Trinajstić information content (AvgIpc) is 2.89. The van der Waals surface area contributed by atoms with Crippen molar-refractivity contribution >= 4 is 23.2 Å². The molecular formula is C14H17N5O4. The first-order valence-electron chi connectivity index (χ1n) is 6.73. The monoisotopic (exact) mass is 319 g/mol. The summed E-state index contributed by atoms with van der Waals surface area (Å²) in [4.78, 5) is 27.7. The molecule has 0 radical (unpaired) electrons. The lowest BCUT2D eigenvalue weighted by molar-refractivity contribution is -0.388. The fourth-order valence-corrected chi connectivity index (χ4v) is 2.17. The molecule has 0 spiro atoms. The Kier molecular flexibility index (Phi) is 4.79. The van der Waals surface area contributed by atoms with Crippen LogP contribution in [0.15, 0.2) is 30.6 Å². The lowest BCUT2D eigenvalue weighted by Gasteiger charge is -2.18. The second-order valence-corrected chi connectivity index (χ2v) is 4.90. The minimum absolute atomic E-state index is 0.0580. The van der Waals surface area contributed by atoms with Gasteiger partial charge >= 0.3 is 5.82 Å². The Balaban J connectivity index is 2.08. The van der Waals surface area contributed by atoms with Crippen molar-refractivity contribution in [2.45, 2.75) is 0 Å². The summed E-state index contributed by atoms with van der Waals surface area (Å²) >= 11 is 0. The van der Waals surface area contributed by atoms with E-state index in [1.165, 1.54) is 22.9 Å². The standard InChI is InChI=1S/C14H17N5O4/c1-17(14-13(19(21)22)15-9-18(14)2)8-12(20)16-10-5-4-6-11(7-10)23-3/h4-7,9H,8H2,1-3H3,(H,16,20). The summed E-state index contributed by atoms with van der Waals surface area (Å²) in [5, 5.41) is 13.7. The predicted octanol–water partition coefficient (Wildman–Crippen LogP) is 1.41. The number of imidazole rings is 1. The fraction of sp³-hybridized carbons (Fsp3) is 0.286. The van der Waals surface area contributed by atoms with Crippen LogP contribution in [0.25, 0.3) is 0 Å². The molecule has 2 aromatic rings. The van der Waals surface area contributed by atoms with Gasteiger partial charge in [-0.1, -0.05) is 6.07 Å². The van der Waals surface area contributed by atoms with Gasteiger partial charge in [0.1, 0.15) is 5.75 Å². The normalized spacial score (nSPS) is 10.2. The predicted molar refractivity (Wildman–Crippen MR) is 84.8 cm³/mol. The molecule has 23 heavy (non-hydrogen) atoms. The number of methoxy groups -OCH3 is 1. The number of aromatic nitrogens is 2. The zero-order chi connectivity index (χ0) is 17.0. The van der Waals surface area contributed by atoms with E-state index in [0.29, 0.717) is 11.4 Å². The number of benzene rings is 1. The van der Waals surface area contributed by atoms with Crippen LogP contribution in [0.1, 0.15) is 0 Å². The number of ether oxygens (including phenoxy) is 1. The van der Waals surface area contributed by atoms with Gasteiger partial charge in [-0.25, -0.2) is 0 Å². The molecule has 0 aliphatic heterocycles. The zero-order valence-electron chi connectivity index (χ0n) is 13.0. The Bertz CT molecular complexity index is 728. The number of hydrogen-bond donors (Lipinski definition) is 1. The number of carbonyl (C=O) groups is 1. The highest BCUT2D eigenvalue weighted by molar-refractivity contribution is 5.94. The van der Waals surface area contributed by atoms with E-state index in [0.717, 1.165) is 0 Å². The van der Waals surface area contributed by atoms with E-state index in [-0.39, 0.29) is 24.1 Å². The van der Waals surface area contributed by atoms with Gasteiger partial charge in [0.2, 0.25) is 18.1 Å². The van der Waals surface area contributed by atoms with Gasteiger partial charge in [-0.2, -0.15) is 0 Å². The quantitative estimate of drug-likeness (QED) is 0.638. The molecule has 0 aliphatic rings. The Labute approximate surface area is 132 Å². The smallest absolute Gasteiger partial charge is 0.406 e. The number of carbonyl (C=O) groups excluding carboxylic acids is 1. The summed E-state index contributed by atoms with van der Waals surface area (Å²) in [6.07, 6.45) is 1.34. The molecule has 0 bridgehead atoms. The number of aryl methyl sites for hydroxylation is 1. The lowest BCUT2D eigenvalue weighted by Crippen LogP contribution is -2.31. The van der Waals surface area contributed by atoms with Gasteiger partial charge in [0.25, 0.3) is 0 Å². The van der Waals surface area contributed by atoms with Crippen molar-refractivity contribution in [3.8, 4) is 5.75 Å². The minimum atomic E-state index is -0.578. The number of nitrogens with one attached hydrogen (secondary N) is 1. The van der Waals surface area contributed by atoms with Gasteiger partial charge in [0, 0.05) is 25.8 Å². The number of hydrogen-bond acceptors (Lipinski definition) is 6. The summed E-state index contributed by atoms with van der Waals surface area (Å²) in [5.74, 6) is 0.287. The molecular weight excluding hydrogens is 302 g/mol. The maximum Gasteiger partial charge on any atom is 0.406 e. The van der Waals surface area contributed by atoms with Crippen molar-refractivity contribution in [1.29, 1.82) is 0 Å². The molecule has 1 N–H and O–H groups in total. The third kappa shape index (κ3) is 3.76. The molecule has 1 aromatic carbocycles. The van der Waals surface area contributed by atoms with Crippen LogP contribution in [-0.4, -0.2) is 41.1 Å². The van der Waals surface area contributed by atoms with Crippen LogP contribution in [0.3, 0.4) is 0 Å². The van der Waals surface area contributed by atoms with Crippen molar-refractivity contribution in [1.82, 2.24) is 9.55 Å². The van der Waals surface area contributed by atoms with Crippen molar-refractivity contribution < 1.29 is 14.5 Å². The van der Waals surface area contributed by atoms with Crippen LogP contribution < -0.4 is 15.0 Å². The molecule has 122 valence electrons. The molecule has 0 aliphatic carbocycles. The molecule has 0 atom stereocenters. The number of anilines is 2. The summed E-state index contributed by atoms with van der Waals surface area (Å²) in [7, 11) is 4.76. The highest BCUT2D eigenvalue weighted by Gasteiger charge is 2.24. The van der Waals surface area contributed by atoms with E-state index < -0.39 is 4.92 Å². The van der Waals surface area contributed by atoms with Gasteiger partial charge in [0.05, 0.1) is 13.7 Å². The van der Waals surface area contributed by atoms with Crippen molar-refractivity contribution in [3.63, 3.8) is 0 Å². The SMILES string of the molecule is COc1cccc(NC(=O)CN(C)c2c([N+](=O)[O-])ncn2C)c1. The first-order chi connectivity index (χ1) is 10.9. The van der Waals surface area contributed by atoms with Gasteiger partial charge < -0.3 is 25.1 Å². The highest BCUT2D eigenvalue weighted by atomic mass is 16.6. The average molecular weight is 319 g/mol. The lowest BCUT2D eigenvalue weighted by atomic mass is 10.3. The van der Waals surface area contributed by atoms with Gasteiger partial charge in [-0.15, -0.1) is 0 Å². The maximum atomic E-state index is 12.1. The third-order valence-electron chi connectivity index (χ3n) is 3.16. The Hall–Kier alpha value is -3.10. The van der Waals surface area contributed by atoms with E-state index in [1.807, 2.05) is 0 Å². The Morgan fingerprint density at radius 1 is 1.52 bits per heavy atom. The van der Waals surface area contributed by atoms with E-state index >= 15 is 0 Å². The molecule has 0 unspecified atom stereocenters. The summed E-state index contributed by atoms with van der Waals surface area (Å²) in [5.41, 5.74) is 0.585. The van der Waals surface area contributed by atoms with Gasteiger partial charge in [0.15, 0.2) is 0 Å². The van der Waals surface area contributed by atoms with E-state index in [4.69, 9.17) is 4.74 Å². The highest BCUT2D eigenvalue weighted by Crippen LogP contribution is 2.24.